The molecular weight excluding hydrogens is 642 g/mol. The third kappa shape index (κ3) is 6.54. The van der Waals surface area contributed by atoms with E-state index in [0.29, 0.717) is 62.6 Å². The van der Waals surface area contributed by atoms with Crippen LogP contribution in [0.2, 0.25) is 5.02 Å². The Bertz CT molecular complexity index is 2380. The number of carbonyl (C=O) groups is 1. The summed E-state index contributed by atoms with van der Waals surface area (Å²) >= 11 is 6.58. The first kappa shape index (κ1) is 31.5. The van der Waals surface area contributed by atoms with E-state index < -0.39 is 0 Å². The molecular formula is C36H30ClN9O3. The number of nitrogen functional groups attached to an aromatic ring is 1. The molecule has 4 aromatic heterocycles. The highest BCUT2D eigenvalue weighted by atomic mass is 35.5. The number of nitrogens with one attached hydrogen (secondary N) is 1. The second kappa shape index (κ2) is 13.5. The summed E-state index contributed by atoms with van der Waals surface area (Å²) in [5.74, 6) is 0.683. The SMILES string of the molecule is Nc1ncnc2c1c(-c1ccc(O)cc1)nn2Cc1nc2cccc(CCCC(=O)Nc3ccncc3)c2c(=O)n1Cc1ccccc1Cl. The Morgan fingerprint density at radius 1 is 0.898 bits per heavy atom. The molecule has 7 aromatic rings. The van der Waals surface area contributed by atoms with Gasteiger partial charge in [-0.25, -0.2) is 19.6 Å². The molecule has 0 aliphatic rings. The fraction of sp³-hybridized carbons (Fsp3) is 0.139. The van der Waals surface area contributed by atoms with Gasteiger partial charge in [-0.3, -0.25) is 19.1 Å². The molecule has 0 spiro atoms. The van der Waals surface area contributed by atoms with Crippen LogP contribution in [0.3, 0.4) is 0 Å². The number of anilines is 2. The van der Waals surface area contributed by atoms with Crippen LogP contribution in [0.25, 0.3) is 33.2 Å². The van der Waals surface area contributed by atoms with E-state index in [0.717, 1.165) is 11.1 Å². The Labute approximate surface area is 284 Å². The largest absolute Gasteiger partial charge is 0.508 e. The number of pyridine rings is 1. The highest BCUT2D eigenvalue weighted by Gasteiger charge is 2.21. The molecule has 0 aliphatic heterocycles. The Morgan fingerprint density at radius 3 is 2.47 bits per heavy atom. The van der Waals surface area contributed by atoms with Crippen LogP contribution in [0.5, 0.6) is 5.75 Å². The summed E-state index contributed by atoms with van der Waals surface area (Å²) in [6.07, 6.45) is 5.91. The predicted molar refractivity (Wildman–Crippen MR) is 188 cm³/mol. The van der Waals surface area contributed by atoms with Gasteiger partial charge in [0.05, 0.1) is 22.8 Å². The van der Waals surface area contributed by atoms with Crippen LogP contribution in [-0.4, -0.2) is 45.3 Å². The van der Waals surface area contributed by atoms with Gasteiger partial charge in [-0.15, -0.1) is 0 Å². The van der Waals surface area contributed by atoms with Gasteiger partial charge in [0.1, 0.15) is 36.0 Å². The number of hydrogen-bond donors (Lipinski definition) is 3. The lowest BCUT2D eigenvalue weighted by Crippen LogP contribution is -2.28. The number of phenolic OH excluding ortho intramolecular Hbond substituents is 1. The molecule has 12 nitrogen and oxygen atoms in total. The maximum atomic E-state index is 14.5. The van der Waals surface area contributed by atoms with Crippen LogP contribution in [0, 0.1) is 0 Å². The fourth-order valence-electron chi connectivity index (χ4n) is 5.86. The van der Waals surface area contributed by atoms with Crippen LogP contribution < -0.4 is 16.6 Å². The second-order valence-corrected chi connectivity index (χ2v) is 11.9. The Morgan fingerprint density at radius 2 is 1.67 bits per heavy atom. The number of hydrogen-bond acceptors (Lipinski definition) is 9. The zero-order chi connectivity index (χ0) is 33.9. The number of halogens is 1. The number of aryl methyl sites for hydroxylation is 1. The van der Waals surface area contributed by atoms with Crippen molar-refractivity contribution >= 4 is 50.9 Å². The van der Waals surface area contributed by atoms with E-state index in [4.69, 9.17) is 27.4 Å². The monoisotopic (exact) mass is 671 g/mol. The van der Waals surface area contributed by atoms with E-state index in [-0.39, 0.29) is 42.5 Å². The molecule has 0 bridgehead atoms. The Hall–Kier alpha value is -6.14. The van der Waals surface area contributed by atoms with Crippen molar-refractivity contribution in [3.8, 4) is 17.0 Å². The van der Waals surface area contributed by atoms with Gasteiger partial charge in [-0.1, -0.05) is 41.9 Å². The zero-order valence-corrected chi connectivity index (χ0v) is 26.9. The fourth-order valence-corrected chi connectivity index (χ4v) is 6.06. The van der Waals surface area contributed by atoms with Gasteiger partial charge in [0.15, 0.2) is 5.65 Å². The van der Waals surface area contributed by atoms with Gasteiger partial charge >= 0.3 is 0 Å². The van der Waals surface area contributed by atoms with Crippen LogP contribution in [0.1, 0.15) is 29.8 Å². The predicted octanol–water partition coefficient (Wildman–Crippen LogP) is 5.60. The molecule has 0 atom stereocenters. The van der Waals surface area contributed by atoms with Crippen molar-refractivity contribution in [3.05, 3.63) is 130 Å². The van der Waals surface area contributed by atoms with Crippen molar-refractivity contribution in [1.29, 1.82) is 0 Å². The molecule has 1 amide bonds. The van der Waals surface area contributed by atoms with Crippen molar-refractivity contribution in [2.24, 2.45) is 0 Å². The summed E-state index contributed by atoms with van der Waals surface area (Å²) in [5.41, 5.74) is 10.6. The normalized spacial score (nSPS) is 11.3. The van der Waals surface area contributed by atoms with Gasteiger partial charge in [0.25, 0.3) is 5.56 Å². The van der Waals surface area contributed by atoms with Crippen LogP contribution >= 0.6 is 11.6 Å². The van der Waals surface area contributed by atoms with Gasteiger partial charge < -0.3 is 16.2 Å². The van der Waals surface area contributed by atoms with Crippen LogP contribution in [-0.2, 0) is 24.3 Å². The van der Waals surface area contributed by atoms with E-state index >= 15 is 0 Å². The molecule has 49 heavy (non-hydrogen) atoms. The average molecular weight is 672 g/mol. The van der Waals surface area contributed by atoms with E-state index in [1.54, 1.807) is 64.1 Å². The standard InChI is InChI=1S/C36H30ClN9O3/c37-27-8-2-1-5-24(27)19-45-29(20-46-35-32(34(38)40-21-41-35)33(44-46)23-11-13-26(47)14-12-23)43-28-9-3-6-22(31(28)36(45)49)7-4-10-30(48)42-25-15-17-39-18-16-25/h1-3,5-6,8-9,11-18,21,47H,4,7,10,19-20H2,(H2,38,40,41)(H,39,42,48). The second-order valence-electron chi connectivity index (χ2n) is 11.5. The van der Waals surface area contributed by atoms with E-state index in [1.165, 1.54) is 6.33 Å². The van der Waals surface area contributed by atoms with Crippen molar-refractivity contribution in [2.75, 3.05) is 11.1 Å². The highest BCUT2D eigenvalue weighted by molar-refractivity contribution is 6.31. The molecule has 7 rings (SSSR count). The third-order valence-corrected chi connectivity index (χ3v) is 8.61. The third-order valence-electron chi connectivity index (χ3n) is 8.24. The number of fused-ring (bicyclic) bond motifs is 2. The number of nitrogens with two attached hydrogens (primary N) is 1. The summed E-state index contributed by atoms with van der Waals surface area (Å²) in [5, 5.41) is 19.1. The zero-order valence-electron chi connectivity index (χ0n) is 26.1. The number of aromatic hydroxyl groups is 1. The minimum atomic E-state index is -0.235. The van der Waals surface area contributed by atoms with Crippen molar-refractivity contribution in [3.63, 3.8) is 0 Å². The number of phenols is 1. The molecule has 3 aromatic carbocycles. The van der Waals surface area contributed by atoms with E-state index in [2.05, 4.69) is 20.3 Å². The summed E-state index contributed by atoms with van der Waals surface area (Å²) in [6, 6.07) is 23.0. The molecule has 4 N–H and O–H groups in total. The molecule has 0 aliphatic carbocycles. The quantitative estimate of drug-likeness (QED) is 0.168. The Kier molecular flexibility index (Phi) is 8.69. The van der Waals surface area contributed by atoms with Crippen molar-refractivity contribution in [1.82, 2.24) is 34.3 Å². The lowest BCUT2D eigenvalue weighted by molar-refractivity contribution is -0.116. The summed E-state index contributed by atoms with van der Waals surface area (Å²) in [7, 11) is 0. The Balaban J connectivity index is 1.28. The first-order valence-corrected chi connectivity index (χ1v) is 15.9. The van der Waals surface area contributed by atoms with Crippen molar-refractivity contribution in [2.45, 2.75) is 32.4 Å². The maximum absolute atomic E-state index is 14.5. The number of benzene rings is 3. The number of nitrogens with zero attached hydrogens (tertiary/aromatic N) is 7. The first-order valence-electron chi connectivity index (χ1n) is 15.6. The maximum Gasteiger partial charge on any atom is 0.262 e. The van der Waals surface area contributed by atoms with E-state index in [9.17, 15) is 14.7 Å². The molecule has 0 radical (unpaired) electrons. The van der Waals surface area contributed by atoms with E-state index in [1.807, 2.05) is 36.4 Å². The highest BCUT2D eigenvalue weighted by Crippen LogP contribution is 2.31. The average Bonchev–Trinajstić information content (AvgIpc) is 3.47. The lowest BCUT2D eigenvalue weighted by Gasteiger charge is -2.16. The number of rotatable bonds is 10. The summed E-state index contributed by atoms with van der Waals surface area (Å²) in [6.45, 7) is 0.251. The smallest absolute Gasteiger partial charge is 0.262 e. The minimum Gasteiger partial charge on any atom is -0.508 e. The summed E-state index contributed by atoms with van der Waals surface area (Å²) < 4.78 is 3.26. The lowest BCUT2D eigenvalue weighted by atomic mass is 10.0. The van der Waals surface area contributed by atoms with Crippen molar-refractivity contribution < 1.29 is 9.90 Å². The van der Waals surface area contributed by atoms with Gasteiger partial charge in [0, 0.05) is 35.1 Å². The van der Waals surface area contributed by atoms with Gasteiger partial charge in [-0.2, -0.15) is 5.10 Å². The molecule has 244 valence electrons. The molecule has 0 fully saturated rings. The molecule has 0 saturated heterocycles. The van der Waals surface area contributed by atoms with Crippen LogP contribution in [0.15, 0.2) is 102 Å². The minimum absolute atomic E-state index is 0.0834. The number of carbonyl (C=O) groups excluding carboxylic acids is 1. The number of amides is 1. The van der Waals surface area contributed by atoms with Gasteiger partial charge in [0.2, 0.25) is 5.91 Å². The van der Waals surface area contributed by atoms with Gasteiger partial charge in [-0.05, 0) is 72.5 Å². The first-order chi connectivity index (χ1) is 23.9. The molecule has 0 unspecified atom stereocenters. The topological polar surface area (TPSA) is 167 Å². The molecule has 0 saturated carbocycles. The number of aromatic nitrogens is 7. The van der Waals surface area contributed by atoms with Crippen LogP contribution in [0.4, 0.5) is 11.5 Å². The molecule has 13 heteroatoms. The summed E-state index contributed by atoms with van der Waals surface area (Å²) in [4.78, 5) is 44.7. The molecule has 4 heterocycles.